The molecule has 0 aliphatic heterocycles. The van der Waals surface area contributed by atoms with Crippen LogP contribution in [0.4, 0.5) is 0 Å². The molecule has 0 radical (unpaired) electrons. The highest BCUT2D eigenvalue weighted by atomic mass is 16.4. The van der Waals surface area contributed by atoms with Gasteiger partial charge in [-0.2, -0.15) is 10.4 Å². The highest BCUT2D eigenvalue weighted by Gasteiger charge is 2.18. The molecule has 0 amide bonds. The number of rotatable bonds is 2. The van der Waals surface area contributed by atoms with E-state index in [4.69, 9.17) is 5.11 Å². The van der Waals surface area contributed by atoms with Crippen molar-refractivity contribution in [2.45, 2.75) is 19.3 Å². The molecule has 2 aromatic heterocycles. The first kappa shape index (κ1) is 11.4. The highest BCUT2D eigenvalue weighted by molar-refractivity contribution is 5.85. The number of aromatic carboxylic acids is 1. The first-order valence-electron chi connectivity index (χ1n) is 5.91. The molecule has 0 saturated carbocycles. The monoisotopic (exact) mass is 254 g/mol. The maximum absolute atomic E-state index is 10.8. The van der Waals surface area contributed by atoms with E-state index in [1.165, 1.54) is 16.9 Å². The Balaban J connectivity index is 2.13. The maximum Gasteiger partial charge on any atom is 0.356 e. The summed E-state index contributed by atoms with van der Waals surface area (Å²) in [7, 11) is 0. The van der Waals surface area contributed by atoms with E-state index in [0.29, 0.717) is 11.4 Å². The van der Waals surface area contributed by atoms with Gasteiger partial charge in [0.1, 0.15) is 6.07 Å². The second-order valence-electron chi connectivity index (χ2n) is 4.38. The van der Waals surface area contributed by atoms with Crippen molar-refractivity contribution in [1.82, 2.24) is 14.8 Å². The summed E-state index contributed by atoms with van der Waals surface area (Å²) in [6.45, 7) is 0. The van der Waals surface area contributed by atoms with Crippen LogP contribution in [0.15, 0.2) is 18.3 Å². The molecule has 0 fully saturated rings. The van der Waals surface area contributed by atoms with Gasteiger partial charge >= 0.3 is 5.97 Å². The van der Waals surface area contributed by atoms with Crippen molar-refractivity contribution in [2.24, 2.45) is 0 Å². The fourth-order valence-corrected chi connectivity index (χ4v) is 2.27. The molecule has 0 unspecified atom stereocenters. The third-order valence-corrected chi connectivity index (χ3v) is 3.18. The van der Waals surface area contributed by atoms with Gasteiger partial charge in [0.05, 0.1) is 5.56 Å². The maximum atomic E-state index is 10.8. The number of hydrogen-bond acceptors (Lipinski definition) is 4. The molecule has 94 valence electrons. The lowest BCUT2D eigenvalue weighted by Gasteiger charge is -2.06. The van der Waals surface area contributed by atoms with Gasteiger partial charge in [-0.05, 0) is 37.0 Å². The van der Waals surface area contributed by atoms with Crippen LogP contribution in [0.3, 0.4) is 0 Å². The number of nitriles is 1. The number of carboxylic acid groups (broad SMARTS) is 1. The van der Waals surface area contributed by atoms with Gasteiger partial charge in [0.15, 0.2) is 11.5 Å². The van der Waals surface area contributed by atoms with E-state index >= 15 is 0 Å². The van der Waals surface area contributed by atoms with Crippen LogP contribution < -0.4 is 0 Å². The Morgan fingerprint density at radius 1 is 1.47 bits per heavy atom. The SMILES string of the molecule is N#Cc1cc2c(nc1-n1ccc(C(=O)O)n1)CCC2. The van der Waals surface area contributed by atoms with Crippen LogP contribution in [0, 0.1) is 11.3 Å². The minimum absolute atomic E-state index is 0.0637. The first-order chi connectivity index (χ1) is 9.19. The second kappa shape index (κ2) is 4.21. The minimum Gasteiger partial charge on any atom is -0.476 e. The normalized spacial score (nSPS) is 13.0. The number of aryl methyl sites for hydroxylation is 2. The Morgan fingerprint density at radius 2 is 2.32 bits per heavy atom. The molecule has 0 bridgehead atoms. The molecular weight excluding hydrogens is 244 g/mol. The summed E-state index contributed by atoms with van der Waals surface area (Å²) < 4.78 is 1.35. The average Bonchev–Trinajstić information content (AvgIpc) is 3.05. The van der Waals surface area contributed by atoms with E-state index in [-0.39, 0.29) is 5.69 Å². The quantitative estimate of drug-likeness (QED) is 0.872. The third kappa shape index (κ3) is 1.85. The van der Waals surface area contributed by atoms with Crippen LogP contribution in [0.2, 0.25) is 0 Å². The highest BCUT2D eigenvalue weighted by Crippen LogP contribution is 2.24. The van der Waals surface area contributed by atoms with Crippen molar-refractivity contribution in [3.63, 3.8) is 0 Å². The summed E-state index contributed by atoms with van der Waals surface area (Å²) in [6, 6.07) is 5.30. The first-order valence-corrected chi connectivity index (χ1v) is 5.91. The van der Waals surface area contributed by atoms with Gasteiger partial charge in [-0.25, -0.2) is 14.5 Å². The standard InChI is InChI=1S/C13H10N4O2/c14-7-9-6-8-2-1-3-10(8)15-12(9)17-5-4-11(16-17)13(18)19/h4-6H,1-3H2,(H,18,19). The molecule has 6 nitrogen and oxygen atoms in total. The summed E-state index contributed by atoms with van der Waals surface area (Å²) in [5, 5.41) is 22.0. The molecule has 3 rings (SSSR count). The van der Waals surface area contributed by atoms with Gasteiger partial charge in [0.2, 0.25) is 0 Å². The Labute approximate surface area is 108 Å². The molecule has 1 aliphatic carbocycles. The lowest BCUT2D eigenvalue weighted by molar-refractivity contribution is 0.0690. The van der Waals surface area contributed by atoms with Crippen molar-refractivity contribution >= 4 is 5.97 Å². The number of nitrogens with zero attached hydrogens (tertiary/aromatic N) is 4. The van der Waals surface area contributed by atoms with Gasteiger partial charge in [-0.1, -0.05) is 0 Å². The molecular formula is C13H10N4O2. The number of hydrogen-bond donors (Lipinski definition) is 1. The average molecular weight is 254 g/mol. The molecule has 0 spiro atoms. The van der Waals surface area contributed by atoms with E-state index in [0.717, 1.165) is 30.5 Å². The van der Waals surface area contributed by atoms with Crippen LogP contribution in [-0.2, 0) is 12.8 Å². The van der Waals surface area contributed by atoms with Gasteiger partial charge in [-0.3, -0.25) is 0 Å². The van der Waals surface area contributed by atoms with Gasteiger partial charge in [0.25, 0.3) is 0 Å². The topological polar surface area (TPSA) is 91.8 Å². The third-order valence-electron chi connectivity index (χ3n) is 3.18. The summed E-state index contributed by atoms with van der Waals surface area (Å²) in [5.74, 6) is -0.700. The Kier molecular flexibility index (Phi) is 2.53. The van der Waals surface area contributed by atoms with Crippen molar-refractivity contribution < 1.29 is 9.90 Å². The Bertz CT molecular complexity index is 712. The van der Waals surface area contributed by atoms with Crippen LogP contribution in [-0.4, -0.2) is 25.8 Å². The molecule has 0 saturated heterocycles. The zero-order valence-electron chi connectivity index (χ0n) is 10.00. The second-order valence-corrected chi connectivity index (χ2v) is 4.38. The Hall–Kier alpha value is -2.68. The summed E-state index contributed by atoms with van der Waals surface area (Å²) in [4.78, 5) is 15.3. The lowest BCUT2D eigenvalue weighted by Crippen LogP contribution is -2.06. The van der Waals surface area contributed by atoms with Crippen molar-refractivity contribution in [3.05, 3.63) is 40.8 Å². The lowest BCUT2D eigenvalue weighted by atomic mass is 10.1. The minimum atomic E-state index is -1.10. The number of carboxylic acids is 1. The summed E-state index contributed by atoms with van der Waals surface area (Å²) >= 11 is 0. The number of fused-ring (bicyclic) bond motifs is 1. The number of pyridine rings is 1. The van der Waals surface area contributed by atoms with Crippen LogP contribution in [0.5, 0.6) is 0 Å². The van der Waals surface area contributed by atoms with Crippen LogP contribution in [0.25, 0.3) is 5.82 Å². The largest absolute Gasteiger partial charge is 0.476 e. The molecule has 6 heteroatoms. The fraction of sp³-hybridized carbons (Fsp3) is 0.231. The number of carbonyl (C=O) groups is 1. The van der Waals surface area contributed by atoms with Gasteiger partial charge < -0.3 is 5.11 Å². The fourth-order valence-electron chi connectivity index (χ4n) is 2.27. The van der Waals surface area contributed by atoms with Crippen molar-refractivity contribution in [2.75, 3.05) is 0 Å². The smallest absolute Gasteiger partial charge is 0.356 e. The Morgan fingerprint density at radius 3 is 3.00 bits per heavy atom. The molecule has 0 aromatic carbocycles. The number of aromatic nitrogens is 3. The van der Waals surface area contributed by atoms with E-state index in [2.05, 4.69) is 16.2 Å². The molecule has 1 aliphatic rings. The van der Waals surface area contributed by atoms with Crippen LogP contribution >= 0.6 is 0 Å². The van der Waals surface area contributed by atoms with E-state index < -0.39 is 5.97 Å². The molecule has 0 atom stereocenters. The molecule has 1 N–H and O–H groups in total. The molecule has 19 heavy (non-hydrogen) atoms. The summed E-state index contributed by atoms with van der Waals surface area (Å²) in [6.07, 6.45) is 4.38. The van der Waals surface area contributed by atoms with Crippen molar-refractivity contribution in [3.8, 4) is 11.9 Å². The van der Waals surface area contributed by atoms with E-state index in [1.807, 2.05) is 6.07 Å². The van der Waals surface area contributed by atoms with Gasteiger partial charge in [0, 0.05) is 11.9 Å². The van der Waals surface area contributed by atoms with Crippen molar-refractivity contribution in [1.29, 1.82) is 5.26 Å². The zero-order valence-corrected chi connectivity index (χ0v) is 10.00. The molecule has 2 aromatic rings. The summed E-state index contributed by atoms with van der Waals surface area (Å²) in [5.41, 5.74) is 2.43. The van der Waals surface area contributed by atoms with Gasteiger partial charge in [-0.15, -0.1) is 0 Å². The predicted octanol–water partition coefficient (Wildman–Crippen LogP) is 1.33. The van der Waals surface area contributed by atoms with E-state index in [1.54, 1.807) is 0 Å². The predicted molar refractivity (Wildman–Crippen MR) is 65.1 cm³/mol. The zero-order chi connectivity index (χ0) is 13.4. The van der Waals surface area contributed by atoms with Crippen LogP contribution in [0.1, 0.15) is 33.7 Å². The van der Waals surface area contributed by atoms with E-state index in [9.17, 15) is 10.1 Å². The molecule has 2 heterocycles.